The smallest absolute Gasteiger partial charge is 0.228 e. The van der Waals surface area contributed by atoms with Crippen LogP contribution in [0.15, 0.2) is 48.5 Å². The molecule has 34 heavy (non-hydrogen) atoms. The minimum atomic E-state index is -0.271. The predicted octanol–water partition coefficient (Wildman–Crippen LogP) is 3.38. The Morgan fingerprint density at radius 3 is 2.32 bits per heavy atom. The summed E-state index contributed by atoms with van der Waals surface area (Å²) in [7, 11) is 0. The van der Waals surface area contributed by atoms with E-state index in [-0.39, 0.29) is 30.1 Å². The topological polar surface area (TPSA) is 73.0 Å². The molecule has 2 aromatic carbocycles. The number of amides is 3. The van der Waals surface area contributed by atoms with Crippen LogP contribution >= 0.6 is 11.6 Å². The normalized spacial score (nSPS) is 19.2. The monoisotopic (exact) mass is 482 g/mol. The van der Waals surface area contributed by atoms with Gasteiger partial charge in [0.2, 0.25) is 17.7 Å². The summed E-state index contributed by atoms with van der Waals surface area (Å²) in [5.74, 6) is -0.226. The minimum Gasteiger partial charge on any atom is -0.341 e. The Balaban J connectivity index is 1.28. The highest BCUT2D eigenvalue weighted by Crippen LogP contribution is 2.24. The molecule has 0 aromatic heterocycles. The molecule has 2 fully saturated rings. The van der Waals surface area contributed by atoms with E-state index in [0.717, 1.165) is 43.9 Å². The van der Waals surface area contributed by atoms with Crippen molar-refractivity contribution in [1.29, 1.82) is 0 Å². The Morgan fingerprint density at radius 1 is 0.941 bits per heavy atom. The number of likely N-dealkylation sites (tertiary alicyclic amines) is 1. The van der Waals surface area contributed by atoms with Gasteiger partial charge in [0.1, 0.15) is 0 Å². The van der Waals surface area contributed by atoms with Gasteiger partial charge < -0.3 is 15.1 Å². The first-order valence-corrected chi connectivity index (χ1v) is 12.1. The number of rotatable bonds is 6. The average Bonchev–Trinajstić information content (AvgIpc) is 3.01. The van der Waals surface area contributed by atoms with Crippen molar-refractivity contribution >= 4 is 35.0 Å². The van der Waals surface area contributed by atoms with E-state index in [1.54, 1.807) is 4.90 Å². The summed E-state index contributed by atoms with van der Waals surface area (Å²) >= 11 is 5.95. The van der Waals surface area contributed by atoms with E-state index >= 15 is 0 Å². The second-order valence-corrected chi connectivity index (χ2v) is 9.57. The molecule has 0 bridgehead atoms. The van der Waals surface area contributed by atoms with Gasteiger partial charge in [0.05, 0.1) is 5.92 Å². The Kier molecular flexibility index (Phi) is 7.85. The van der Waals surface area contributed by atoms with Gasteiger partial charge in [-0.3, -0.25) is 19.3 Å². The summed E-state index contributed by atoms with van der Waals surface area (Å²) in [4.78, 5) is 43.0. The van der Waals surface area contributed by atoms with Crippen LogP contribution in [0.1, 0.15) is 30.9 Å². The maximum atomic E-state index is 13.2. The number of hydrogen-bond acceptors (Lipinski definition) is 4. The molecule has 1 unspecified atom stereocenters. The lowest BCUT2D eigenvalue weighted by molar-refractivity contribution is -0.135. The van der Waals surface area contributed by atoms with Crippen molar-refractivity contribution < 1.29 is 14.4 Å². The maximum absolute atomic E-state index is 13.2. The zero-order valence-electron chi connectivity index (χ0n) is 19.5. The van der Waals surface area contributed by atoms with E-state index in [1.807, 2.05) is 53.4 Å². The van der Waals surface area contributed by atoms with Crippen molar-refractivity contribution in [3.05, 3.63) is 64.7 Å². The van der Waals surface area contributed by atoms with Gasteiger partial charge in [-0.25, -0.2) is 0 Å². The van der Waals surface area contributed by atoms with Gasteiger partial charge in [0.15, 0.2) is 0 Å². The lowest BCUT2D eigenvalue weighted by Gasteiger charge is -2.24. The van der Waals surface area contributed by atoms with Crippen molar-refractivity contribution in [2.75, 3.05) is 38.0 Å². The highest BCUT2D eigenvalue weighted by atomic mass is 35.5. The lowest BCUT2D eigenvalue weighted by atomic mass is 10.1. The molecule has 0 spiro atoms. The Morgan fingerprint density at radius 2 is 1.62 bits per heavy atom. The molecule has 1 N–H and O–H groups in total. The first kappa shape index (κ1) is 24.2. The van der Waals surface area contributed by atoms with Crippen molar-refractivity contribution in [3.8, 4) is 0 Å². The van der Waals surface area contributed by atoms with E-state index in [0.29, 0.717) is 24.7 Å². The maximum Gasteiger partial charge on any atom is 0.228 e. The van der Waals surface area contributed by atoms with Crippen LogP contribution in [0.4, 0.5) is 5.69 Å². The van der Waals surface area contributed by atoms with Crippen LogP contribution in [0.25, 0.3) is 0 Å². The number of carbonyl (C=O) groups excluding carboxylic acids is 3. The van der Waals surface area contributed by atoms with Crippen LogP contribution in [-0.4, -0.2) is 65.1 Å². The van der Waals surface area contributed by atoms with Crippen LogP contribution in [0.2, 0.25) is 5.02 Å². The molecule has 2 aromatic rings. The number of nitrogens with zero attached hydrogens (tertiary/aromatic N) is 3. The third kappa shape index (κ3) is 6.36. The first-order valence-electron chi connectivity index (χ1n) is 11.8. The quantitative estimate of drug-likeness (QED) is 0.685. The number of benzene rings is 2. The number of halogens is 1. The molecule has 8 heteroatoms. The molecular formula is C26H31ClN4O3. The number of hydrogen-bond donors (Lipinski definition) is 1. The predicted molar refractivity (Wildman–Crippen MR) is 132 cm³/mol. The van der Waals surface area contributed by atoms with E-state index in [4.69, 9.17) is 11.6 Å². The van der Waals surface area contributed by atoms with Crippen molar-refractivity contribution in [1.82, 2.24) is 14.7 Å². The molecule has 0 radical (unpaired) electrons. The third-order valence-electron chi connectivity index (χ3n) is 6.43. The first-order chi connectivity index (χ1) is 16.4. The molecule has 7 nitrogen and oxygen atoms in total. The van der Waals surface area contributed by atoms with Crippen molar-refractivity contribution in [3.63, 3.8) is 0 Å². The second-order valence-electron chi connectivity index (χ2n) is 9.13. The van der Waals surface area contributed by atoms with Crippen LogP contribution in [0.5, 0.6) is 0 Å². The molecule has 1 atom stereocenters. The summed E-state index contributed by atoms with van der Waals surface area (Å²) in [5, 5.41) is 3.45. The van der Waals surface area contributed by atoms with Gasteiger partial charge >= 0.3 is 0 Å². The average molecular weight is 483 g/mol. The van der Waals surface area contributed by atoms with Gasteiger partial charge in [-0.05, 0) is 41.8 Å². The Labute approximate surface area is 205 Å². The molecule has 180 valence electrons. The molecular weight excluding hydrogens is 452 g/mol. The Hall–Kier alpha value is -2.90. The molecule has 3 amide bonds. The molecule has 2 saturated heterocycles. The molecule has 0 saturated carbocycles. The standard InChI is InChI=1S/C26H31ClN4O3/c1-19(32)28-24-9-5-20(6-10-24)16-29-11-2-12-30(14-13-29)26(34)22-15-25(33)31(18-22)17-21-3-7-23(27)8-4-21/h3-10,22H,2,11-18H2,1H3,(H,28,32). The minimum absolute atomic E-state index is 0.0347. The zero-order valence-corrected chi connectivity index (χ0v) is 20.3. The fourth-order valence-electron chi connectivity index (χ4n) is 4.66. The summed E-state index contributed by atoms with van der Waals surface area (Å²) in [6, 6.07) is 15.4. The van der Waals surface area contributed by atoms with Crippen LogP contribution in [0.3, 0.4) is 0 Å². The summed E-state index contributed by atoms with van der Waals surface area (Å²) in [5.41, 5.74) is 2.98. The summed E-state index contributed by atoms with van der Waals surface area (Å²) < 4.78 is 0. The van der Waals surface area contributed by atoms with E-state index in [9.17, 15) is 14.4 Å². The van der Waals surface area contributed by atoms with Gasteiger partial charge in [-0.2, -0.15) is 0 Å². The fraction of sp³-hybridized carbons (Fsp3) is 0.423. The zero-order chi connectivity index (χ0) is 24.1. The van der Waals surface area contributed by atoms with E-state index < -0.39 is 0 Å². The van der Waals surface area contributed by atoms with Gasteiger partial charge in [0.25, 0.3) is 0 Å². The van der Waals surface area contributed by atoms with Crippen LogP contribution in [0, 0.1) is 5.92 Å². The Bertz CT molecular complexity index is 1030. The second kappa shape index (κ2) is 11.0. The molecule has 2 heterocycles. The lowest BCUT2D eigenvalue weighted by Crippen LogP contribution is -2.39. The summed E-state index contributed by atoms with van der Waals surface area (Å²) in [6.45, 7) is 6.40. The molecule has 2 aliphatic rings. The van der Waals surface area contributed by atoms with E-state index in [2.05, 4.69) is 10.2 Å². The highest BCUT2D eigenvalue weighted by molar-refractivity contribution is 6.30. The molecule has 4 rings (SSSR count). The SMILES string of the molecule is CC(=O)Nc1ccc(CN2CCCN(C(=O)C3CC(=O)N(Cc4ccc(Cl)cc4)C3)CC2)cc1. The molecule has 0 aliphatic carbocycles. The van der Waals surface area contributed by atoms with Gasteiger partial charge in [-0.15, -0.1) is 0 Å². The van der Waals surface area contributed by atoms with Gasteiger partial charge in [0, 0.05) is 69.9 Å². The highest BCUT2D eigenvalue weighted by Gasteiger charge is 2.36. The van der Waals surface area contributed by atoms with Crippen LogP contribution in [-0.2, 0) is 27.5 Å². The van der Waals surface area contributed by atoms with Crippen molar-refractivity contribution in [2.24, 2.45) is 5.92 Å². The largest absolute Gasteiger partial charge is 0.341 e. The number of anilines is 1. The van der Waals surface area contributed by atoms with Crippen LogP contribution < -0.4 is 5.32 Å². The third-order valence-corrected chi connectivity index (χ3v) is 6.68. The fourth-order valence-corrected chi connectivity index (χ4v) is 4.79. The summed E-state index contributed by atoms with van der Waals surface area (Å²) in [6.07, 6.45) is 1.19. The van der Waals surface area contributed by atoms with E-state index in [1.165, 1.54) is 12.5 Å². The van der Waals surface area contributed by atoms with Gasteiger partial charge in [-0.1, -0.05) is 35.9 Å². The number of carbonyl (C=O) groups is 3. The number of nitrogens with one attached hydrogen (secondary N) is 1. The molecule has 2 aliphatic heterocycles. The van der Waals surface area contributed by atoms with Crippen molar-refractivity contribution in [2.45, 2.75) is 32.9 Å².